The highest BCUT2D eigenvalue weighted by molar-refractivity contribution is 7.47. The molecule has 9 nitrogen and oxygen atoms in total. The highest BCUT2D eigenvalue weighted by atomic mass is 31.2. The van der Waals surface area contributed by atoms with Crippen molar-refractivity contribution < 1.29 is 37.9 Å². The number of aliphatic hydroxyl groups excluding tert-OH is 1. The molecule has 0 aliphatic rings. The van der Waals surface area contributed by atoms with Gasteiger partial charge in [-0.15, -0.1) is 0 Å². The molecule has 0 aliphatic heterocycles. The molecule has 0 spiro atoms. The zero-order valence-electron chi connectivity index (χ0n) is 23.8. The highest BCUT2D eigenvalue weighted by Crippen LogP contribution is 2.42. The molecule has 0 heterocycles. The summed E-state index contributed by atoms with van der Waals surface area (Å²) < 4.78 is 25.6. The van der Waals surface area contributed by atoms with Crippen molar-refractivity contribution in [1.29, 1.82) is 0 Å². The third kappa shape index (κ3) is 28.8. The van der Waals surface area contributed by atoms with Crippen LogP contribution in [0.25, 0.3) is 0 Å². The van der Waals surface area contributed by atoms with E-state index >= 15 is 0 Å². The molecule has 0 saturated carbocycles. The number of carbonyl (C=O) groups excluding carboxylic acids is 2. The fourth-order valence-corrected chi connectivity index (χ4v) is 3.96. The van der Waals surface area contributed by atoms with Crippen LogP contribution in [0.15, 0.2) is 48.6 Å². The first-order chi connectivity index (χ1) is 18.8. The summed E-state index contributed by atoms with van der Waals surface area (Å²) in [5.74, 6) is -0.735. The third-order valence-electron chi connectivity index (χ3n) is 5.32. The maximum absolute atomic E-state index is 11.9. The van der Waals surface area contributed by atoms with E-state index < -0.39 is 26.5 Å². The minimum absolute atomic E-state index is 0.0605. The summed E-state index contributed by atoms with van der Waals surface area (Å²) in [5.41, 5.74) is 0. The molecule has 2 atom stereocenters. The van der Waals surface area contributed by atoms with Gasteiger partial charge in [0.25, 0.3) is 0 Å². The number of phosphoric acid groups is 1. The van der Waals surface area contributed by atoms with Crippen molar-refractivity contribution in [3.63, 3.8) is 0 Å². The Morgan fingerprint density at radius 3 is 1.95 bits per heavy atom. The summed E-state index contributed by atoms with van der Waals surface area (Å²) in [6.07, 6.45) is 28.4. The number of ether oxygens (including phenoxy) is 1. The number of hydrogen-bond acceptors (Lipinski definition) is 7. The number of esters is 1. The maximum atomic E-state index is 11.9. The zero-order chi connectivity index (χ0) is 29.0. The summed E-state index contributed by atoms with van der Waals surface area (Å²) in [4.78, 5) is 32.1. The van der Waals surface area contributed by atoms with Crippen LogP contribution in [0.3, 0.4) is 0 Å². The number of amides is 1. The van der Waals surface area contributed by atoms with Crippen LogP contribution in [-0.2, 0) is 27.9 Å². The number of nitrogens with one attached hydrogen (secondary N) is 1. The molecule has 0 aromatic heterocycles. The van der Waals surface area contributed by atoms with Crippen LogP contribution in [-0.4, -0.2) is 54.3 Å². The Morgan fingerprint density at radius 1 is 0.821 bits per heavy atom. The van der Waals surface area contributed by atoms with Gasteiger partial charge in [-0.25, -0.2) is 4.57 Å². The normalized spacial score (nSPS) is 14.5. The number of carbonyl (C=O) groups is 2. The fraction of sp³-hybridized carbons (Fsp3) is 0.655. The van der Waals surface area contributed by atoms with Crippen molar-refractivity contribution in [3.8, 4) is 0 Å². The number of aliphatic hydroxyl groups is 1. The first kappa shape index (κ1) is 37.0. The van der Waals surface area contributed by atoms with Crippen LogP contribution >= 0.6 is 7.82 Å². The second-order valence-electron chi connectivity index (χ2n) is 9.09. The molecular formula is C29H50NO8P. The maximum Gasteiger partial charge on any atom is 0.472 e. The van der Waals surface area contributed by atoms with Gasteiger partial charge in [-0.2, -0.15) is 0 Å². The topological polar surface area (TPSA) is 131 Å². The monoisotopic (exact) mass is 571 g/mol. The lowest BCUT2D eigenvalue weighted by Crippen LogP contribution is -2.27. The Kier molecular flexibility index (Phi) is 24.8. The highest BCUT2D eigenvalue weighted by Gasteiger charge is 2.23. The van der Waals surface area contributed by atoms with Crippen molar-refractivity contribution in [2.45, 2.75) is 97.0 Å². The molecule has 0 aromatic rings. The lowest BCUT2D eigenvalue weighted by Gasteiger charge is -2.15. The smallest absolute Gasteiger partial charge is 0.463 e. The standard InChI is InChI=1S/C29H50NO8P/c1-3-4-5-6-7-8-9-10-11-12-13-14-15-16-17-18-19-20-21-22-29(33)30-23-24-37-39(34,35)38-26-28(32)25-36-27(2)31/h7-8,10-11,13-14,16-17,28,32H,3-6,9,12,15,18-26H2,1-2H3,(H,30,33)(H,34,35)/b8-7-,11-10-,14-13-,17-16-. The van der Waals surface area contributed by atoms with Crippen LogP contribution < -0.4 is 5.32 Å². The van der Waals surface area contributed by atoms with Gasteiger partial charge >= 0.3 is 13.8 Å². The van der Waals surface area contributed by atoms with Gasteiger partial charge in [0.05, 0.1) is 13.2 Å². The van der Waals surface area contributed by atoms with Crippen LogP contribution in [0.2, 0.25) is 0 Å². The minimum Gasteiger partial charge on any atom is -0.463 e. The quantitative estimate of drug-likeness (QED) is 0.0520. The molecule has 0 fully saturated rings. The Labute approximate surface area is 235 Å². The van der Waals surface area contributed by atoms with Gasteiger partial charge in [-0.1, -0.05) is 74.8 Å². The van der Waals surface area contributed by atoms with Gasteiger partial charge in [-0.3, -0.25) is 18.6 Å². The largest absolute Gasteiger partial charge is 0.472 e. The van der Waals surface area contributed by atoms with E-state index in [0.717, 1.165) is 44.9 Å². The van der Waals surface area contributed by atoms with E-state index in [-0.39, 0.29) is 25.7 Å². The Hall–Kier alpha value is -2.03. The van der Waals surface area contributed by atoms with E-state index in [9.17, 15) is 24.2 Å². The molecule has 2 unspecified atom stereocenters. The molecule has 0 saturated heterocycles. The summed E-state index contributed by atoms with van der Waals surface area (Å²) in [5, 5.41) is 12.1. The predicted molar refractivity (Wildman–Crippen MR) is 155 cm³/mol. The first-order valence-corrected chi connectivity index (χ1v) is 15.6. The number of rotatable bonds is 25. The minimum atomic E-state index is -4.38. The first-order valence-electron chi connectivity index (χ1n) is 14.1. The van der Waals surface area contributed by atoms with Crippen LogP contribution in [0.5, 0.6) is 0 Å². The van der Waals surface area contributed by atoms with E-state index in [0.29, 0.717) is 6.42 Å². The van der Waals surface area contributed by atoms with E-state index in [1.54, 1.807) is 0 Å². The summed E-state index contributed by atoms with van der Waals surface area (Å²) in [6, 6.07) is 0. The summed E-state index contributed by atoms with van der Waals surface area (Å²) in [7, 11) is -4.38. The molecule has 0 aromatic carbocycles. The molecule has 0 rings (SSSR count). The van der Waals surface area contributed by atoms with E-state index in [4.69, 9.17) is 4.52 Å². The molecule has 10 heteroatoms. The number of allylic oxidation sites excluding steroid dienone is 8. The lowest BCUT2D eigenvalue weighted by molar-refractivity contribution is -0.144. The third-order valence-corrected chi connectivity index (χ3v) is 6.30. The van der Waals surface area contributed by atoms with E-state index in [1.807, 2.05) is 0 Å². The van der Waals surface area contributed by atoms with Crippen molar-refractivity contribution in [2.24, 2.45) is 0 Å². The molecule has 3 N–H and O–H groups in total. The summed E-state index contributed by atoms with van der Waals surface area (Å²) in [6.45, 7) is 2.36. The van der Waals surface area contributed by atoms with Crippen LogP contribution in [0, 0.1) is 0 Å². The van der Waals surface area contributed by atoms with Crippen molar-refractivity contribution in [1.82, 2.24) is 5.32 Å². The molecule has 0 aliphatic carbocycles. The Morgan fingerprint density at radius 2 is 1.38 bits per heavy atom. The van der Waals surface area contributed by atoms with Gasteiger partial charge < -0.3 is 20.1 Å². The molecule has 0 radical (unpaired) electrons. The SMILES string of the molecule is CCCCC/C=C\C/C=C\C/C=C\C/C=C\CCCCCC(=O)NCCOP(=O)(O)OCC(O)COC(C)=O. The average Bonchev–Trinajstić information content (AvgIpc) is 2.90. The predicted octanol–water partition coefficient (Wildman–Crippen LogP) is 6.09. The number of unbranched alkanes of at least 4 members (excludes halogenated alkanes) is 6. The van der Waals surface area contributed by atoms with Crippen LogP contribution in [0.1, 0.15) is 90.9 Å². The zero-order valence-corrected chi connectivity index (χ0v) is 24.7. The Bertz CT molecular complexity index is 794. The molecule has 0 bridgehead atoms. The summed E-state index contributed by atoms with van der Waals surface area (Å²) >= 11 is 0. The second kappa shape index (κ2) is 26.2. The van der Waals surface area contributed by atoms with Gasteiger partial charge in [0.2, 0.25) is 5.91 Å². The van der Waals surface area contributed by atoms with Gasteiger partial charge in [0.1, 0.15) is 12.7 Å². The molecule has 224 valence electrons. The van der Waals surface area contributed by atoms with Crippen molar-refractivity contribution >= 4 is 19.7 Å². The van der Waals surface area contributed by atoms with Gasteiger partial charge in [0, 0.05) is 19.9 Å². The van der Waals surface area contributed by atoms with Gasteiger partial charge in [0.15, 0.2) is 0 Å². The van der Waals surface area contributed by atoms with Crippen molar-refractivity contribution in [2.75, 3.05) is 26.4 Å². The number of hydrogen-bond donors (Lipinski definition) is 3. The lowest BCUT2D eigenvalue weighted by atomic mass is 10.1. The van der Waals surface area contributed by atoms with Crippen molar-refractivity contribution in [3.05, 3.63) is 48.6 Å². The molecule has 39 heavy (non-hydrogen) atoms. The second-order valence-corrected chi connectivity index (χ2v) is 10.5. The molecule has 1 amide bonds. The Balaban J connectivity index is 3.63. The average molecular weight is 572 g/mol. The van der Waals surface area contributed by atoms with Gasteiger partial charge in [-0.05, 0) is 51.4 Å². The van der Waals surface area contributed by atoms with E-state index in [2.05, 4.69) is 70.1 Å². The fourth-order valence-electron chi connectivity index (χ4n) is 3.20. The molecular weight excluding hydrogens is 521 g/mol. The number of phosphoric ester groups is 1. The van der Waals surface area contributed by atoms with Crippen LogP contribution in [0.4, 0.5) is 0 Å². The van der Waals surface area contributed by atoms with E-state index in [1.165, 1.54) is 32.6 Å².